The number of nitrogens with zero attached hydrogens (tertiary/aromatic N) is 2. The summed E-state index contributed by atoms with van der Waals surface area (Å²) >= 11 is 0. The van der Waals surface area contributed by atoms with Crippen LogP contribution in [0.25, 0.3) is 11.1 Å². The topological polar surface area (TPSA) is 6.48 Å². The van der Waals surface area contributed by atoms with E-state index in [4.69, 9.17) is 4.11 Å². The van der Waals surface area contributed by atoms with Crippen molar-refractivity contribution in [1.29, 1.82) is 0 Å². The van der Waals surface area contributed by atoms with Crippen LogP contribution in [0.1, 0.15) is 145 Å². The Morgan fingerprint density at radius 2 is 1.10 bits per heavy atom. The van der Waals surface area contributed by atoms with E-state index in [9.17, 15) is 0 Å². The number of benzene rings is 6. The highest BCUT2D eigenvalue weighted by Gasteiger charge is 2.47. The molecule has 2 nitrogen and oxygen atoms in total. The zero-order valence-corrected chi connectivity index (χ0v) is 38.7. The van der Waals surface area contributed by atoms with Crippen LogP contribution in [0.2, 0.25) is 0 Å². The first kappa shape index (κ1) is 36.6. The summed E-state index contributed by atoms with van der Waals surface area (Å²) in [6.07, 6.45) is 4.48. The second-order valence-electron chi connectivity index (χ2n) is 22.6. The summed E-state index contributed by atoms with van der Waals surface area (Å²) in [7, 11) is 0. The summed E-state index contributed by atoms with van der Waals surface area (Å²) in [5.41, 5.74) is 20.5. The monoisotopic (exact) mass is 804 g/mol. The van der Waals surface area contributed by atoms with Crippen LogP contribution < -0.4 is 26.2 Å². The SMILES string of the molecule is [2H]C([2H])([2H])c1cc2c3c(c1)N(c1cc(-c4ccccc4)ccc1C)c1cc(C(C)(C)C)ccc1B3c1cc3c(cc1N2c1ccc2c(c1)C(C)(C)CCC2(C)C)C(C)(C)CCC3(C)C. The number of hydrogen-bond acceptors (Lipinski definition) is 2. The van der Waals surface area contributed by atoms with Gasteiger partial charge in [-0.05, 0) is 175 Å². The maximum Gasteiger partial charge on any atom is 0.252 e. The zero-order chi connectivity index (χ0) is 45.7. The Bertz CT molecular complexity index is 2890. The first-order valence-corrected chi connectivity index (χ1v) is 22.8. The van der Waals surface area contributed by atoms with Gasteiger partial charge in [-0.1, -0.05) is 143 Å². The van der Waals surface area contributed by atoms with Gasteiger partial charge in [0, 0.05) is 38.2 Å². The van der Waals surface area contributed by atoms with Crippen molar-refractivity contribution in [2.75, 3.05) is 9.80 Å². The van der Waals surface area contributed by atoms with E-state index in [1.807, 2.05) is 12.1 Å². The molecule has 0 N–H and O–H groups in total. The number of aryl methyl sites for hydroxylation is 2. The van der Waals surface area contributed by atoms with E-state index in [0.717, 1.165) is 82.0 Å². The highest BCUT2D eigenvalue weighted by atomic mass is 15.2. The molecule has 61 heavy (non-hydrogen) atoms. The van der Waals surface area contributed by atoms with E-state index in [1.165, 1.54) is 38.7 Å². The first-order chi connectivity index (χ1) is 29.9. The lowest BCUT2D eigenvalue weighted by molar-refractivity contribution is 0.332. The van der Waals surface area contributed by atoms with Crippen molar-refractivity contribution in [3.63, 3.8) is 0 Å². The van der Waals surface area contributed by atoms with Crippen LogP contribution in [0.4, 0.5) is 34.1 Å². The molecule has 0 bridgehead atoms. The molecule has 2 aliphatic heterocycles. The lowest BCUT2D eigenvalue weighted by Crippen LogP contribution is -2.62. The Labute approximate surface area is 371 Å². The van der Waals surface area contributed by atoms with Crippen molar-refractivity contribution in [3.05, 3.63) is 148 Å². The van der Waals surface area contributed by atoms with Crippen LogP contribution in [-0.2, 0) is 27.1 Å². The second kappa shape index (κ2) is 13.2. The molecule has 2 aliphatic carbocycles. The number of hydrogen-bond donors (Lipinski definition) is 0. The highest BCUT2D eigenvalue weighted by molar-refractivity contribution is 7.00. The Kier molecular flexibility index (Phi) is 7.95. The van der Waals surface area contributed by atoms with Crippen molar-refractivity contribution in [2.24, 2.45) is 0 Å². The van der Waals surface area contributed by atoms with Gasteiger partial charge in [-0.15, -0.1) is 0 Å². The van der Waals surface area contributed by atoms with E-state index in [2.05, 4.69) is 190 Å². The van der Waals surface area contributed by atoms with Gasteiger partial charge in [0.15, 0.2) is 0 Å². The molecule has 0 fully saturated rings. The van der Waals surface area contributed by atoms with E-state index >= 15 is 0 Å². The van der Waals surface area contributed by atoms with Gasteiger partial charge in [-0.25, -0.2) is 0 Å². The smallest absolute Gasteiger partial charge is 0.252 e. The predicted molar refractivity (Wildman–Crippen MR) is 265 cm³/mol. The molecule has 6 aromatic carbocycles. The van der Waals surface area contributed by atoms with Gasteiger partial charge in [-0.2, -0.15) is 0 Å². The fraction of sp³-hybridized carbons (Fsp3) is 0.379. The largest absolute Gasteiger partial charge is 0.311 e. The Balaban J connectivity index is 1.35. The van der Waals surface area contributed by atoms with Gasteiger partial charge < -0.3 is 9.80 Å². The maximum atomic E-state index is 9.10. The minimum absolute atomic E-state index is 0.00498. The van der Waals surface area contributed by atoms with Crippen LogP contribution in [0, 0.1) is 13.8 Å². The van der Waals surface area contributed by atoms with E-state index < -0.39 is 6.85 Å². The van der Waals surface area contributed by atoms with Crippen molar-refractivity contribution in [3.8, 4) is 11.1 Å². The Hall–Kier alpha value is -5.02. The molecular formula is C58H65BN2. The second-order valence-corrected chi connectivity index (χ2v) is 22.6. The molecule has 310 valence electrons. The molecule has 0 saturated carbocycles. The minimum Gasteiger partial charge on any atom is -0.311 e. The van der Waals surface area contributed by atoms with Gasteiger partial charge in [0.05, 0.1) is 0 Å². The molecule has 2 heterocycles. The first-order valence-electron chi connectivity index (χ1n) is 24.3. The molecule has 3 heteroatoms. The van der Waals surface area contributed by atoms with Crippen molar-refractivity contribution in [2.45, 2.75) is 143 Å². The molecule has 0 aromatic heterocycles. The van der Waals surface area contributed by atoms with E-state index in [1.54, 1.807) is 0 Å². The molecular weight excluding hydrogens is 735 g/mol. The normalized spacial score (nSPS) is 19.7. The lowest BCUT2D eigenvalue weighted by Gasteiger charge is -2.48. The third kappa shape index (κ3) is 6.18. The Morgan fingerprint density at radius 3 is 1.74 bits per heavy atom. The van der Waals surface area contributed by atoms with Crippen LogP contribution in [0.5, 0.6) is 0 Å². The summed E-state index contributed by atoms with van der Waals surface area (Å²) in [6.45, 7) is 25.8. The van der Waals surface area contributed by atoms with Crippen molar-refractivity contribution in [1.82, 2.24) is 0 Å². The molecule has 4 aliphatic rings. The number of fused-ring (bicyclic) bond motifs is 6. The molecule has 0 amide bonds. The van der Waals surface area contributed by atoms with Crippen LogP contribution >= 0.6 is 0 Å². The summed E-state index contributed by atoms with van der Waals surface area (Å²) in [6, 6.07) is 40.8. The lowest BCUT2D eigenvalue weighted by atomic mass is 9.33. The van der Waals surface area contributed by atoms with Gasteiger partial charge in [0.2, 0.25) is 0 Å². The van der Waals surface area contributed by atoms with Crippen LogP contribution in [0.15, 0.2) is 109 Å². The summed E-state index contributed by atoms with van der Waals surface area (Å²) in [5, 5.41) is 0. The predicted octanol–water partition coefficient (Wildman–Crippen LogP) is 14.0. The third-order valence-corrected chi connectivity index (χ3v) is 15.6. The molecule has 0 saturated heterocycles. The minimum atomic E-state index is -2.35. The zero-order valence-electron chi connectivity index (χ0n) is 41.7. The van der Waals surface area contributed by atoms with Gasteiger partial charge in [0.1, 0.15) is 0 Å². The standard InChI is InChI=1S/C58H65BN2/c1-36-29-51-53-52(30-36)61(48-31-39(20-19-37(48)2)38-17-15-14-16-18-38)49-32-40(54(3,4)5)21-24-46(49)59(53)47-34-44-45(58(12,13)28-27-57(44,10)11)35-50(47)60(51)41-22-23-42-43(33-41)56(8,9)26-25-55(42,6)7/h14-24,29-35H,25-28H2,1-13H3/i1D3. The number of anilines is 6. The molecule has 0 spiro atoms. The fourth-order valence-electron chi connectivity index (χ4n) is 11.4. The molecule has 0 radical (unpaired) electrons. The van der Waals surface area contributed by atoms with Gasteiger partial charge in [0.25, 0.3) is 6.71 Å². The van der Waals surface area contributed by atoms with Gasteiger partial charge >= 0.3 is 0 Å². The van der Waals surface area contributed by atoms with E-state index in [-0.39, 0.29) is 33.8 Å². The molecule has 0 unspecified atom stereocenters. The number of rotatable bonds is 3. The maximum absolute atomic E-state index is 9.10. The average Bonchev–Trinajstić information content (AvgIpc) is 3.23. The van der Waals surface area contributed by atoms with Crippen LogP contribution in [0.3, 0.4) is 0 Å². The quantitative estimate of drug-likeness (QED) is 0.164. The summed E-state index contributed by atoms with van der Waals surface area (Å²) < 4.78 is 27.3. The van der Waals surface area contributed by atoms with E-state index in [0.29, 0.717) is 5.56 Å². The summed E-state index contributed by atoms with van der Waals surface area (Å²) in [5.74, 6) is 0. The van der Waals surface area contributed by atoms with Crippen molar-refractivity contribution >= 4 is 57.2 Å². The molecule has 6 aromatic rings. The highest BCUT2D eigenvalue weighted by Crippen LogP contribution is 2.53. The Morgan fingerprint density at radius 1 is 0.508 bits per heavy atom. The van der Waals surface area contributed by atoms with Crippen molar-refractivity contribution < 1.29 is 4.11 Å². The summed E-state index contributed by atoms with van der Waals surface area (Å²) in [4.78, 5) is 4.89. The van der Waals surface area contributed by atoms with Crippen LogP contribution in [-0.4, -0.2) is 6.71 Å². The molecule has 0 atom stereocenters. The fourth-order valence-corrected chi connectivity index (χ4v) is 11.4. The third-order valence-electron chi connectivity index (χ3n) is 15.6. The molecule has 10 rings (SSSR count). The average molecular weight is 804 g/mol. The van der Waals surface area contributed by atoms with Gasteiger partial charge in [-0.3, -0.25) is 0 Å².